The fourth-order valence-electron chi connectivity index (χ4n) is 1.66. The summed E-state index contributed by atoms with van der Waals surface area (Å²) in [4.78, 5) is 19.2. The zero-order valence-corrected chi connectivity index (χ0v) is 15.6. The lowest BCUT2D eigenvalue weighted by molar-refractivity contribution is -0.118. The van der Waals surface area contributed by atoms with Gasteiger partial charge >= 0.3 is 0 Å². The number of ketones is 1. The average Bonchev–Trinajstić information content (AvgIpc) is 2.50. The molecule has 116 valence electrons. The third-order valence-corrected chi connectivity index (χ3v) is 5.43. The number of alkyl halides is 2. The molecule has 2 atom stereocenters. The van der Waals surface area contributed by atoms with Crippen molar-refractivity contribution < 1.29 is 4.79 Å². The number of pyridine rings is 2. The van der Waals surface area contributed by atoms with Crippen LogP contribution in [0.2, 0.25) is 10.0 Å². The number of carbonyl (C=O) groups excluding carboxylic acids is 1. The summed E-state index contributed by atoms with van der Waals surface area (Å²) >= 11 is 18.5. The SMILES string of the molecule is Nc1ncc(C(Br)C(=O)C(Br)c2cnc(N)c(Cl)c2)cc1Cl. The molecule has 2 heterocycles. The highest BCUT2D eigenvalue weighted by molar-refractivity contribution is 9.10. The Morgan fingerprint density at radius 1 is 0.955 bits per heavy atom. The van der Waals surface area contributed by atoms with Gasteiger partial charge in [0.15, 0.2) is 5.78 Å². The predicted octanol–water partition coefficient (Wildman–Crippen LogP) is 4.09. The van der Waals surface area contributed by atoms with Crippen molar-refractivity contribution in [2.45, 2.75) is 9.65 Å². The first-order chi connectivity index (χ1) is 10.3. The van der Waals surface area contributed by atoms with Crippen molar-refractivity contribution in [2.75, 3.05) is 11.5 Å². The standard InChI is InChI=1S/C13H10Br2Cl2N4O/c14-9(5-1-7(16)12(18)20-3-5)11(22)10(15)6-2-8(17)13(19)21-4-6/h1-4,9-10H,(H2,18,20)(H2,19,21). The van der Waals surface area contributed by atoms with Crippen LogP contribution in [0.1, 0.15) is 20.8 Å². The number of rotatable bonds is 4. The minimum absolute atomic E-state index is 0.162. The van der Waals surface area contributed by atoms with E-state index in [1.807, 2.05) is 0 Å². The topological polar surface area (TPSA) is 94.9 Å². The maximum atomic E-state index is 12.5. The third kappa shape index (κ3) is 3.71. The van der Waals surface area contributed by atoms with Gasteiger partial charge < -0.3 is 11.5 Å². The van der Waals surface area contributed by atoms with E-state index < -0.39 is 9.65 Å². The second kappa shape index (κ2) is 7.12. The molecule has 0 bridgehead atoms. The fourth-order valence-corrected chi connectivity index (χ4v) is 3.39. The number of nitrogens with zero attached hydrogens (tertiary/aromatic N) is 2. The van der Waals surface area contributed by atoms with Crippen LogP contribution in [0, 0.1) is 0 Å². The van der Waals surface area contributed by atoms with Gasteiger partial charge in [0.2, 0.25) is 0 Å². The third-order valence-electron chi connectivity index (χ3n) is 2.87. The Morgan fingerprint density at radius 3 is 1.64 bits per heavy atom. The van der Waals surface area contributed by atoms with Crippen molar-refractivity contribution >= 4 is 72.5 Å². The van der Waals surface area contributed by atoms with Gasteiger partial charge in [-0.1, -0.05) is 55.1 Å². The first-order valence-electron chi connectivity index (χ1n) is 5.95. The second-order valence-corrected chi connectivity index (χ2v) is 7.04. The summed E-state index contributed by atoms with van der Waals surface area (Å²) in [6.45, 7) is 0. The van der Waals surface area contributed by atoms with E-state index in [-0.39, 0.29) is 27.5 Å². The number of halogens is 4. The van der Waals surface area contributed by atoms with Crippen LogP contribution < -0.4 is 11.5 Å². The Morgan fingerprint density at radius 2 is 1.32 bits per heavy atom. The lowest BCUT2D eigenvalue weighted by Crippen LogP contribution is -2.13. The van der Waals surface area contributed by atoms with E-state index >= 15 is 0 Å². The number of hydrogen-bond acceptors (Lipinski definition) is 5. The van der Waals surface area contributed by atoms with Crippen molar-refractivity contribution in [1.29, 1.82) is 0 Å². The molecule has 0 aromatic carbocycles. The summed E-state index contributed by atoms with van der Waals surface area (Å²) in [5, 5.41) is 0.580. The minimum Gasteiger partial charge on any atom is -0.382 e. The van der Waals surface area contributed by atoms with E-state index in [0.717, 1.165) is 0 Å². The van der Waals surface area contributed by atoms with Crippen LogP contribution in [0.4, 0.5) is 11.6 Å². The maximum absolute atomic E-state index is 12.5. The minimum atomic E-state index is -0.612. The van der Waals surface area contributed by atoms with Gasteiger partial charge in [0.25, 0.3) is 0 Å². The highest BCUT2D eigenvalue weighted by atomic mass is 79.9. The first kappa shape index (κ1) is 17.5. The maximum Gasteiger partial charge on any atom is 0.169 e. The average molecular weight is 469 g/mol. The molecule has 2 aromatic heterocycles. The molecule has 2 aromatic rings. The predicted molar refractivity (Wildman–Crippen MR) is 95.7 cm³/mol. The molecule has 0 spiro atoms. The molecule has 0 aliphatic heterocycles. The van der Waals surface area contributed by atoms with Gasteiger partial charge in [-0.15, -0.1) is 0 Å². The van der Waals surface area contributed by atoms with Crippen molar-refractivity contribution in [3.63, 3.8) is 0 Å². The molecule has 2 rings (SSSR count). The van der Waals surface area contributed by atoms with Gasteiger partial charge in [-0.25, -0.2) is 9.97 Å². The molecule has 22 heavy (non-hydrogen) atoms. The van der Waals surface area contributed by atoms with Crippen LogP contribution in [0.5, 0.6) is 0 Å². The van der Waals surface area contributed by atoms with E-state index in [1.165, 1.54) is 12.4 Å². The van der Waals surface area contributed by atoms with Crippen molar-refractivity contribution in [2.24, 2.45) is 0 Å². The molecule has 0 amide bonds. The van der Waals surface area contributed by atoms with E-state index in [4.69, 9.17) is 34.7 Å². The Bertz CT molecular complexity index is 670. The molecule has 9 heteroatoms. The molecule has 2 unspecified atom stereocenters. The molecule has 0 aliphatic rings. The second-order valence-electron chi connectivity index (χ2n) is 4.40. The van der Waals surface area contributed by atoms with Gasteiger partial charge in [-0.2, -0.15) is 0 Å². The van der Waals surface area contributed by atoms with Crippen molar-refractivity contribution in [3.8, 4) is 0 Å². The largest absolute Gasteiger partial charge is 0.382 e. The molecule has 0 saturated carbocycles. The zero-order chi connectivity index (χ0) is 16.4. The number of aromatic nitrogens is 2. The van der Waals surface area contributed by atoms with E-state index in [2.05, 4.69) is 41.8 Å². The zero-order valence-electron chi connectivity index (χ0n) is 10.9. The number of nitrogen functional groups attached to an aromatic ring is 2. The Hall–Kier alpha value is -0.890. The smallest absolute Gasteiger partial charge is 0.169 e. The monoisotopic (exact) mass is 466 g/mol. The quantitative estimate of drug-likeness (QED) is 0.659. The molecule has 0 saturated heterocycles. The number of Topliss-reactive ketones (excluding diaryl/α,β-unsaturated/α-hetero) is 1. The summed E-state index contributed by atoms with van der Waals surface area (Å²) < 4.78 is 0. The molecule has 5 nitrogen and oxygen atoms in total. The lowest BCUT2D eigenvalue weighted by atomic mass is 10.0. The molecule has 0 radical (unpaired) electrons. The molecular weight excluding hydrogens is 459 g/mol. The van der Waals surface area contributed by atoms with Crippen LogP contribution in [-0.4, -0.2) is 15.8 Å². The highest BCUT2D eigenvalue weighted by Gasteiger charge is 2.27. The van der Waals surface area contributed by atoms with E-state index in [1.54, 1.807) is 12.1 Å². The summed E-state index contributed by atoms with van der Waals surface area (Å²) in [6.07, 6.45) is 2.99. The number of hydrogen-bond donors (Lipinski definition) is 2. The van der Waals surface area contributed by atoms with Gasteiger partial charge in [-0.3, -0.25) is 4.79 Å². The Labute approximate surface area is 153 Å². The van der Waals surface area contributed by atoms with Gasteiger partial charge in [0, 0.05) is 12.4 Å². The van der Waals surface area contributed by atoms with Crippen LogP contribution >= 0.6 is 55.1 Å². The number of carbonyl (C=O) groups is 1. The van der Waals surface area contributed by atoms with Gasteiger partial charge in [0.1, 0.15) is 21.3 Å². The van der Waals surface area contributed by atoms with Crippen LogP contribution in [0.15, 0.2) is 24.5 Å². The summed E-state index contributed by atoms with van der Waals surface area (Å²) in [7, 11) is 0. The van der Waals surface area contributed by atoms with Crippen LogP contribution in [0.3, 0.4) is 0 Å². The summed E-state index contributed by atoms with van der Waals surface area (Å²) in [5.74, 6) is 0.259. The summed E-state index contributed by atoms with van der Waals surface area (Å²) in [5.41, 5.74) is 12.3. The Balaban J connectivity index is 2.25. The summed E-state index contributed by atoms with van der Waals surface area (Å²) in [6, 6.07) is 3.18. The van der Waals surface area contributed by atoms with E-state index in [0.29, 0.717) is 11.1 Å². The highest BCUT2D eigenvalue weighted by Crippen LogP contribution is 2.36. The molecular formula is C13H10Br2Cl2N4O. The van der Waals surface area contributed by atoms with Crippen molar-refractivity contribution in [3.05, 3.63) is 45.7 Å². The van der Waals surface area contributed by atoms with E-state index in [9.17, 15) is 4.79 Å². The van der Waals surface area contributed by atoms with Gasteiger partial charge in [-0.05, 0) is 23.3 Å². The molecule has 0 aliphatic carbocycles. The number of nitrogens with two attached hydrogens (primary N) is 2. The number of anilines is 2. The van der Waals surface area contributed by atoms with Crippen LogP contribution in [0.25, 0.3) is 0 Å². The van der Waals surface area contributed by atoms with Gasteiger partial charge in [0.05, 0.1) is 10.0 Å². The Kier molecular flexibility index (Phi) is 5.65. The molecule has 4 N–H and O–H groups in total. The first-order valence-corrected chi connectivity index (χ1v) is 8.53. The molecule has 0 fully saturated rings. The fraction of sp³-hybridized carbons (Fsp3) is 0.154. The normalized spacial score (nSPS) is 13.6. The van der Waals surface area contributed by atoms with Crippen molar-refractivity contribution in [1.82, 2.24) is 9.97 Å². The lowest BCUT2D eigenvalue weighted by Gasteiger charge is -2.15. The van der Waals surface area contributed by atoms with Crippen LogP contribution in [-0.2, 0) is 4.79 Å².